The van der Waals surface area contributed by atoms with Crippen LogP contribution in [0.25, 0.3) is 0 Å². The second-order valence-electron chi connectivity index (χ2n) is 5.35. The molecule has 1 aliphatic rings. The molecule has 1 heterocycles. The van der Waals surface area contributed by atoms with Crippen molar-refractivity contribution in [3.05, 3.63) is 28.7 Å². The SMILES string of the molecule is CC1(C)CCN(c2ccccc2Br)CCCN1. The molecule has 0 aromatic heterocycles. The van der Waals surface area contributed by atoms with E-state index in [0.717, 1.165) is 19.6 Å². The van der Waals surface area contributed by atoms with Gasteiger partial charge in [0, 0.05) is 23.1 Å². The van der Waals surface area contributed by atoms with E-state index in [1.165, 1.54) is 23.0 Å². The lowest BCUT2D eigenvalue weighted by Crippen LogP contribution is -2.46. The maximum Gasteiger partial charge on any atom is 0.0510 e. The van der Waals surface area contributed by atoms with E-state index >= 15 is 0 Å². The molecule has 0 unspecified atom stereocenters. The molecule has 0 aliphatic carbocycles. The van der Waals surface area contributed by atoms with E-state index in [1.54, 1.807) is 0 Å². The fraction of sp³-hybridized carbons (Fsp3) is 0.571. The van der Waals surface area contributed by atoms with Crippen LogP contribution in [0.4, 0.5) is 5.69 Å². The number of nitrogens with one attached hydrogen (secondary N) is 1. The first-order valence-corrected chi connectivity index (χ1v) is 7.12. The molecule has 2 rings (SSSR count). The van der Waals surface area contributed by atoms with Crippen molar-refractivity contribution in [3.63, 3.8) is 0 Å². The quantitative estimate of drug-likeness (QED) is 0.854. The number of rotatable bonds is 1. The van der Waals surface area contributed by atoms with Gasteiger partial charge in [0.25, 0.3) is 0 Å². The Morgan fingerprint density at radius 2 is 2.00 bits per heavy atom. The fourth-order valence-corrected chi connectivity index (χ4v) is 2.80. The van der Waals surface area contributed by atoms with E-state index < -0.39 is 0 Å². The molecule has 1 aliphatic heterocycles. The number of anilines is 1. The van der Waals surface area contributed by atoms with Crippen LogP contribution in [0, 0.1) is 0 Å². The highest BCUT2D eigenvalue weighted by Crippen LogP contribution is 2.27. The number of nitrogens with zero attached hydrogens (tertiary/aromatic N) is 1. The predicted octanol–water partition coefficient (Wildman–Crippen LogP) is 3.42. The monoisotopic (exact) mass is 296 g/mol. The zero-order valence-electron chi connectivity index (χ0n) is 10.7. The van der Waals surface area contributed by atoms with E-state index in [-0.39, 0.29) is 5.54 Å². The van der Waals surface area contributed by atoms with Gasteiger partial charge in [0.2, 0.25) is 0 Å². The standard InChI is InChI=1S/C14H21BrN2/c1-14(2)8-11-17(10-5-9-16-14)13-7-4-3-6-12(13)15/h3-4,6-7,16H,5,8-11H2,1-2H3. The van der Waals surface area contributed by atoms with Gasteiger partial charge >= 0.3 is 0 Å². The highest BCUT2D eigenvalue weighted by atomic mass is 79.9. The summed E-state index contributed by atoms with van der Waals surface area (Å²) in [5.74, 6) is 0. The molecule has 0 atom stereocenters. The number of hydrogen-bond donors (Lipinski definition) is 1. The maximum atomic E-state index is 3.65. The first kappa shape index (κ1) is 12.9. The topological polar surface area (TPSA) is 15.3 Å². The average Bonchev–Trinajstić information content (AvgIpc) is 2.27. The van der Waals surface area contributed by atoms with Crippen molar-refractivity contribution < 1.29 is 0 Å². The van der Waals surface area contributed by atoms with Crippen LogP contribution >= 0.6 is 15.9 Å². The Labute approximate surface area is 113 Å². The Hall–Kier alpha value is -0.540. The molecule has 0 spiro atoms. The Bertz CT molecular complexity index is 376. The summed E-state index contributed by atoms with van der Waals surface area (Å²) in [5.41, 5.74) is 1.57. The third-order valence-corrected chi connectivity index (χ3v) is 4.08. The average molecular weight is 297 g/mol. The summed E-state index contributed by atoms with van der Waals surface area (Å²) in [4.78, 5) is 2.49. The minimum Gasteiger partial charge on any atom is -0.371 e. The van der Waals surface area contributed by atoms with Crippen LogP contribution in [0.5, 0.6) is 0 Å². The van der Waals surface area contributed by atoms with Crippen LogP contribution in [0.1, 0.15) is 26.7 Å². The number of halogens is 1. The lowest BCUT2D eigenvalue weighted by Gasteiger charge is -2.35. The lowest BCUT2D eigenvalue weighted by atomic mass is 9.98. The van der Waals surface area contributed by atoms with Crippen LogP contribution < -0.4 is 10.2 Å². The Morgan fingerprint density at radius 3 is 2.76 bits per heavy atom. The molecule has 1 fully saturated rings. The van der Waals surface area contributed by atoms with E-state index in [0.29, 0.717) is 0 Å². The summed E-state index contributed by atoms with van der Waals surface area (Å²) in [6, 6.07) is 8.51. The van der Waals surface area contributed by atoms with Gasteiger partial charge < -0.3 is 10.2 Å². The van der Waals surface area contributed by atoms with Gasteiger partial charge in [0.05, 0.1) is 5.69 Å². The van der Waals surface area contributed by atoms with Gasteiger partial charge in [-0.1, -0.05) is 12.1 Å². The maximum absolute atomic E-state index is 3.65. The van der Waals surface area contributed by atoms with E-state index in [2.05, 4.69) is 64.3 Å². The molecule has 94 valence electrons. The van der Waals surface area contributed by atoms with Crippen LogP contribution in [-0.4, -0.2) is 25.2 Å². The van der Waals surface area contributed by atoms with Gasteiger partial charge in [-0.3, -0.25) is 0 Å². The van der Waals surface area contributed by atoms with E-state index in [1.807, 2.05) is 0 Å². The van der Waals surface area contributed by atoms with Crippen molar-refractivity contribution in [2.45, 2.75) is 32.2 Å². The first-order chi connectivity index (χ1) is 8.08. The lowest BCUT2D eigenvalue weighted by molar-refractivity contribution is 0.346. The van der Waals surface area contributed by atoms with Crippen molar-refractivity contribution >= 4 is 21.6 Å². The zero-order valence-corrected chi connectivity index (χ0v) is 12.3. The zero-order chi connectivity index (χ0) is 12.3. The molecule has 0 amide bonds. The summed E-state index contributed by atoms with van der Waals surface area (Å²) in [6.07, 6.45) is 2.37. The second-order valence-corrected chi connectivity index (χ2v) is 6.21. The highest BCUT2D eigenvalue weighted by Gasteiger charge is 2.21. The van der Waals surface area contributed by atoms with Crippen LogP contribution in [0.3, 0.4) is 0 Å². The van der Waals surface area contributed by atoms with Gasteiger partial charge in [-0.15, -0.1) is 0 Å². The van der Waals surface area contributed by atoms with Crippen LogP contribution in [0.2, 0.25) is 0 Å². The highest BCUT2D eigenvalue weighted by molar-refractivity contribution is 9.10. The normalized spacial score (nSPS) is 20.8. The number of hydrogen-bond acceptors (Lipinski definition) is 2. The molecule has 1 aromatic rings. The van der Waals surface area contributed by atoms with Crippen molar-refractivity contribution in [3.8, 4) is 0 Å². The van der Waals surface area contributed by atoms with E-state index in [9.17, 15) is 0 Å². The van der Waals surface area contributed by atoms with Crippen LogP contribution in [-0.2, 0) is 0 Å². The predicted molar refractivity (Wildman–Crippen MR) is 77.7 cm³/mol. The third-order valence-electron chi connectivity index (χ3n) is 3.41. The van der Waals surface area contributed by atoms with Crippen molar-refractivity contribution in [2.75, 3.05) is 24.5 Å². The van der Waals surface area contributed by atoms with E-state index in [4.69, 9.17) is 0 Å². The molecule has 17 heavy (non-hydrogen) atoms. The Morgan fingerprint density at radius 1 is 1.24 bits per heavy atom. The number of para-hydroxylation sites is 1. The second kappa shape index (κ2) is 5.40. The summed E-state index contributed by atoms with van der Waals surface area (Å²) in [6.45, 7) is 7.93. The Balaban J connectivity index is 2.12. The summed E-state index contributed by atoms with van der Waals surface area (Å²) in [5, 5.41) is 3.61. The van der Waals surface area contributed by atoms with Crippen molar-refractivity contribution in [1.29, 1.82) is 0 Å². The molecule has 1 N–H and O–H groups in total. The molecular formula is C14H21BrN2. The van der Waals surface area contributed by atoms with Gasteiger partial charge in [0.1, 0.15) is 0 Å². The fourth-order valence-electron chi connectivity index (χ4n) is 2.26. The summed E-state index contributed by atoms with van der Waals surface area (Å²) in [7, 11) is 0. The minimum absolute atomic E-state index is 0.250. The van der Waals surface area contributed by atoms with Gasteiger partial charge in [-0.25, -0.2) is 0 Å². The number of benzene rings is 1. The Kier molecular flexibility index (Phi) is 4.10. The van der Waals surface area contributed by atoms with Gasteiger partial charge in [-0.2, -0.15) is 0 Å². The largest absolute Gasteiger partial charge is 0.371 e. The molecule has 0 bridgehead atoms. The third kappa shape index (κ3) is 3.46. The molecule has 2 nitrogen and oxygen atoms in total. The van der Waals surface area contributed by atoms with Gasteiger partial charge in [0.15, 0.2) is 0 Å². The van der Waals surface area contributed by atoms with Gasteiger partial charge in [-0.05, 0) is 61.3 Å². The van der Waals surface area contributed by atoms with Crippen molar-refractivity contribution in [1.82, 2.24) is 5.32 Å². The molecule has 1 aromatic carbocycles. The van der Waals surface area contributed by atoms with Crippen molar-refractivity contribution in [2.24, 2.45) is 0 Å². The smallest absolute Gasteiger partial charge is 0.0510 e. The molecule has 3 heteroatoms. The van der Waals surface area contributed by atoms with Crippen LogP contribution in [0.15, 0.2) is 28.7 Å². The minimum atomic E-state index is 0.250. The molecule has 0 radical (unpaired) electrons. The first-order valence-electron chi connectivity index (χ1n) is 6.33. The molecule has 1 saturated heterocycles. The summed E-state index contributed by atoms with van der Waals surface area (Å²) >= 11 is 3.65. The summed E-state index contributed by atoms with van der Waals surface area (Å²) < 4.78 is 1.20. The molecular weight excluding hydrogens is 276 g/mol. The molecule has 0 saturated carbocycles.